The minimum atomic E-state index is -0.276. The first-order valence-electron chi connectivity index (χ1n) is 8.11. The predicted molar refractivity (Wildman–Crippen MR) is 85.5 cm³/mol. The summed E-state index contributed by atoms with van der Waals surface area (Å²) in [5.74, 6) is 1.63. The Kier molecular flexibility index (Phi) is 5.60. The molecule has 0 saturated carbocycles. The molecule has 8 heteroatoms. The van der Waals surface area contributed by atoms with Crippen molar-refractivity contribution in [3.8, 4) is 0 Å². The van der Waals surface area contributed by atoms with Crippen LogP contribution in [0.5, 0.6) is 0 Å². The summed E-state index contributed by atoms with van der Waals surface area (Å²) in [7, 11) is 0. The first-order chi connectivity index (χ1) is 11.3. The van der Waals surface area contributed by atoms with Crippen LogP contribution in [0.15, 0.2) is 12.4 Å². The Labute approximate surface area is 135 Å². The lowest BCUT2D eigenvalue weighted by Gasteiger charge is -2.27. The van der Waals surface area contributed by atoms with E-state index in [1.54, 1.807) is 6.33 Å². The normalized spacial score (nSPS) is 21.2. The van der Waals surface area contributed by atoms with Crippen molar-refractivity contribution in [2.24, 2.45) is 0 Å². The quantitative estimate of drug-likeness (QED) is 0.714. The Morgan fingerprint density at radius 2 is 2.13 bits per heavy atom. The summed E-state index contributed by atoms with van der Waals surface area (Å²) in [6.45, 7) is 4.96. The second-order valence-corrected chi connectivity index (χ2v) is 5.58. The zero-order chi connectivity index (χ0) is 15.9. The van der Waals surface area contributed by atoms with Crippen molar-refractivity contribution >= 4 is 17.5 Å². The lowest BCUT2D eigenvalue weighted by molar-refractivity contribution is -0.129. The molecule has 0 bridgehead atoms. The number of aromatic nitrogens is 2. The number of rotatable bonds is 6. The molecule has 0 spiro atoms. The number of hydrogen-bond donors (Lipinski definition) is 2. The van der Waals surface area contributed by atoms with E-state index < -0.39 is 0 Å². The summed E-state index contributed by atoms with van der Waals surface area (Å²) in [5.41, 5.74) is 0. The zero-order valence-corrected chi connectivity index (χ0v) is 13.2. The maximum atomic E-state index is 11.8. The average molecular weight is 321 g/mol. The van der Waals surface area contributed by atoms with E-state index in [0.717, 1.165) is 50.8 Å². The molecule has 2 fully saturated rings. The third kappa shape index (κ3) is 4.52. The van der Waals surface area contributed by atoms with Crippen LogP contribution in [0.3, 0.4) is 0 Å². The van der Waals surface area contributed by atoms with E-state index in [1.165, 1.54) is 0 Å². The molecule has 2 aliphatic rings. The number of nitrogens with one attached hydrogen (secondary N) is 2. The number of amides is 1. The van der Waals surface area contributed by atoms with Crippen molar-refractivity contribution in [3.05, 3.63) is 12.4 Å². The molecule has 1 amide bonds. The van der Waals surface area contributed by atoms with Crippen LogP contribution in [-0.4, -0.2) is 68.0 Å². The van der Waals surface area contributed by atoms with Gasteiger partial charge in [-0.1, -0.05) is 0 Å². The van der Waals surface area contributed by atoms with Gasteiger partial charge in [0.15, 0.2) is 0 Å². The molecule has 2 N–H and O–H groups in total. The van der Waals surface area contributed by atoms with Gasteiger partial charge < -0.3 is 25.0 Å². The molecular weight excluding hydrogens is 298 g/mol. The van der Waals surface area contributed by atoms with E-state index >= 15 is 0 Å². The minimum absolute atomic E-state index is 0.0269. The van der Waals surface area contributed by atoms with Crippen molar-refractivity contribution in [1.29, 1.82) is 0 Å². The van der Waals surface area contributed by atoms with Crippen LogP contribution < -0.4 is 15.5 Å². The lowest BCUT2D eigenvalue weighted by Crippen LogP contribution is -2.37. The number of carbonyl (C=O) groups is 1. The topological polar surface area (TPSA) is 88.6 Å². The molecule has 3 heterocycles. The Morgan fingerprint density at radius 3 is 2.91 bits per heavy atom. The van der Waals surface area contributed by atoms with Gasteiger partial charge in [-0.05, 0) is 12.8 Å². The molecule has 1 unspecified atom stereocenters. The van der Waals surface area contributed by atoms with E-state index in [-0.39, 0.29) is 12.0 Å². The molecule has 2 aliphatic heterocycles. The molecular formula is C15H23N5O3. The maximum absolute atomic E-state index is 11.8. The minimum Gasteiger partial charge on any atom is -0.378 e. The van der Waals surface area contributed by atoms with E-state index in [2.05, 4.69) is 25.5 Å². The molecule has 0 radical (unpaired) electrons. The number of ether oxygens (including phenoxy) is 2. The first-order valence-corrected chi connectivity index (χ1v) is 8.11. The van der Waals surface area contributed by atoms with Crippen LogP contribution in [0.25, 0.3) is 0 Å². The van der Waals surface area contributed by atoms with Crippen LogP contribution in [0.1, 0.15) is 12.8 Å². The van der Waals surface area contributed by atoms with Gasteiger partial charge in [0.1, 0.15) is 24.1 Å². The Hall–Kier alpha value is -1.93. The molecule has 126 valence electrons. The van der Waals surface area contributed by atoms with E-state index in [0.29, 0.717) is 19.7 Å². The Morgan fingerprint density at radius 1 is 1.26 bits per heavy atom. The van der Waals surface area contributed by atoms with Gasteiger partial charge in [0.2, 0.25) is 5.91 Å². The van der Waals surface area contributed by atoms with Gasteiger partial charge in [-0.25, -0.2) is 9.97 Å². The fourth-order valence-corrected chi connectivity index (χ4v) is 2.68. The highest BCUT2D eigenvalue weighted by molar-refractivity contribution is 5.80. The molecule has 1 aromatic rings. The zero-order valence-electron chi connectivity index (χ0n) is 13.2. The van der Waals surface area contributed by atoms with E-state index in [9.17, 15) is 4.79 Å². The van der Waals surface area contributed by atoms with Crippen molar-refractivity contribution in [3.63, 3.8) is 0 Å². The van der Waals surface area contributed by atoms with Crippen molar-refractivity contribution in [1.82, 2.24) is 15.3 Å². The third-order valence-corrected chi connectivity index (χ3v) is 3.94. The van der Waals surface area contributed by atoms with Gasteiger partial charge in [0.05, 0.1) is 13.2 Å². The van der Waals surface area contributed by atoms with Crippen molar-refractivity contribution in [2.45, 2.75) is 18.9 Å². The summed E-state index contributed by atoms with van der Waals surface area (Å²) >= 11 is 0. The maximum Gasteiger partial charge on any atom is 0.249 e. The summed E-state index contributed by atoms with van der Waals surface area (Å²) in [4.78, 5) is 22.5. The molecule has 23 heavy (non-hydrogen) atoms. The molecule has 2 saturated heterocycles. The fraction of sp³-hybridized carbons (Fsp3) is 0.667. The van der Waals surface area contributed by atoms with Gasteiger partial charge in [-0.2, -0.15) is 0 Å². The van der Waals surface area contributed by atoms with Gasteiger partial charge in [-0.3, -0.25) is 4.79 Å². The summed E-state index contributed by atoms with van der Waals surface area (Å²) < 4.78 is 10.7. The van der Waals surface area contributed by atoms with Crippen molar-refractivity contribution in [2.75, 3.05) is 56.2 Å². The van der Waals surface area contributed by atoms with Crippen LogP contribution in [-0.2, 0) is 14.3 Å². The third-order valence-electron chi connectivity index (χ3n) is 3.94. The second kappa shape index (κ2) is 8.07. The highest BCUT2D eigenvalue weighted by Gasteiger charge is 2.22. The second-order valence-electron chi connectivity index (χ2n) is 5.58. The first kappa shape index (κ1) is 15.9. The highest BCUT2D eigenvalue weighted by Crippen LogP contribution is 2.15. The average Bonchev–Trinajstić information content (AvgIpc) is 3.14. The van der Waals surface area contributed by atoms with E-state index in [4.69, 9.17) is 9.47 Å². The highest BCUT2D eigenvalue weighted by atomic mass is 16.5. The van der Waals surface area contributed by atoms with Crippen LogP contribution in [0.4, 0.5) is 11.6 Å². The SMILES string of the molecule is O=C(NCCNc1cc(N2CCOCC2)ncn1)C1CCCO1. The predicted octanol–water partition coefficient (Wildman–Crippen LogP) is 0.0203. The Balaban J connectivity index is 1.42. The molecule has 8 nitrogen and oxygen atoms in total. The number of carbonyl (C=O) groups excluding carboxylic acids is 1. The lowest BCUT2D eigenvalue weighted by atomic mass is 10.2. The smallest absolute Gasteiger partial charge is 0.249 e. The van der Waals surface area contributed by atoms with Gasteiger partial charge >= 0.3 is 0 Å². The monoisotopic (exact) mass is 321 g/mol. The standard InChI is InChI=1S/C15H23N5O3/c21-15(12-2-1-7-23-12)17-4-3-16-13-10-14(19-11-18-13)20-5-8-22-9-6-20/h10-12H,1-9H2,(H,17,21)(H,16,18,19). The number of hydrogen-bond acceptors (Lipinski definition) is 7. The Bertz CT molecular complexity index is 516. The number of anilines is 2. The van der Waals surface area contributed by atoms with E-state index in [1.807, 2.05) is 6.07 Å². The molecule has 3 rings (SSSR count). The molecule has 1 atom stereocenters. The van der Waals surface area contributed by atoms with Crippen LogP contribution >= 0.6 is 0 Å². The largest absolute Gasteiger partial charge is 0.378 e. The molecule has 1 aromatic heterocycles. The van der Waals surface area contributed by atoms with Gasteiger partial charge in [0, 0.05) is 38.9 Å². The van der Waals surface area contributed by atoms with Crippen LogP contribution in [0.2, 0.25) is 0 Å². The number of nitrogens with zero attached hydrogens (tertiary/aromatic N) is 3. The van der Waals surface area contributed by atoms with Gasteiger partial charge in [0.25, 0.3) is 0 Å². The van der Waals surface area contributed by atoms with Crippen LogP contribution in [0, 0.1) is 0 Å². The fourth-order valence-electron chi connectivity index (χ4n) is 2.68. The van der Waals surface area contributed by atoms with Gasteiger partial charge in [-0.15, -0.1) is 0 Å². The summed E-state index contributed by atoms with van der Waals surface area (Å²) in [6, 6.07) is 1.92. The summed E-state index contributed by atoms with van der Waals surface area (Å²) in [5, 5.41) is 6.08. The number of morpholine rings is 1. The molecule has 0 aliphatic carbocycles. The van der Waals surface area contributed by atoms with Crippen molar-refractivity contribution < 1.29 is 14.3 Å². The molecule has 0 aromatic carbocycles. The summed E-state index contributed by atoms with van der Waals surface area (Å²) in [6.07, 6.45) is 3.05.